The van der Waals surface area contributed by atoms with Crippen molar-refractivity contribution in [2.24, 2.45) is 0 Å². The van der Waals surface area contributed by atoms with Gasteiger partial charge in [-0.1, -0.05) is 32.4 Å². The molecule has 1 unspecified atom stereocenters. The Hall–Kier alpha value is -1.74. The van der Waals surface area contributed by atoms with Crippen molar-refractivity contribution in [3.8, 4) is 0 Å². The van der Waals surface area contributed by atoms with Crippen LogP contribution in [0.2, 0.25) is 0 Å². The average molecular weight is 272 g/mol. The number of aliphatic hydroxyl groups excluding tert-OH is 1. The van der Waals surface area contributed by atoms with Gasteiger partial charge in [0.25, 0.3) is 0 Å². The van der Waals surface area contributed by atoms with Crippen molar-refractivity contribution in [1.29, 1.82) is 0 Å². The standard InChI is InChI=1S/C17H24N2O/c1-3-5-11-19-15(4-2)9-10-16(19)17(20)13-7-6-8-14(18)12-13/h6-10,12,17,20H,3-5,11,18H2,1-2H3. The molecule has 3 nitrogen and oxygen atoms in total. The van der Waals surface area contributed by atoms with Gasteiger partial charge in [-0.05, 0) is 42.7 Å². The molecular formula is C17H24N2O. The fourth-order valence-corrected chi connectivity index (χ4v) is 2.56. The van der Waals surface area contributed by atoms with E-state index in [-0.39, 0.29) is 0 Å². The molecule has 3 N–H and O–H groups in total. The highest BCUT2D eigenvalue weighted by Crippen LogP contribution is 2.26. The Bertz CT molecular complexity index is 560. The Labute approximate surface area is 121 Å². The predicted octanol–water partition coefficient (Wildman–Crippen LogP) is 3.51. The summed E-state index contributed by atoms with van der Waals surface area (Å²) in [6.45, 7) is 5.29. The normalized spacial score (nSPS) is 12.6. The molecular weight excluding hydrogens is 248 g/mol. The molecule has 1 heterocycles. The molecule has 0 saturated heterocycles. The van der Waals surface area contributed by atoms with Crippen LogP contribution in [0.25, 0.3) is 0 Å². The Morgan fingerprint density at radius 3 is 2.65 bits per heavy atom. The lowest BCUT2D eigenvalue weighted by atomic mass is 10.1. The van der Waals surface area contributed by atoms with E-state index in [9.17, 15) is 5.11 Å². The van der Waals surface area contributed by atoms with Gasteiger partial charge in [0.05, 0.1) is 5.69 Å². The Balaban J connectivity index is 2.33. The maximum Gasteiger partial charge on any atom is 0.119 e. The summed E-state index contributed by atoms with van der Waals surface area (Å²) in [4.78, 5) is 0. The van der Waals surface area contributed by atoms with Crippen LogP contribution < -0.4 is 5.73 Å². The van der Waals surface area contributed by atoms with Crippen LogP contribution in [0.3, 0.4) is 0 Å². The number of hydrogen-bond acceptors (Lipinski definition) is 2. The van der Waals surface area contributed by atoms with Crippen molar-refractivity contribution in [3.63, 3.8) is 0 Å². The van der Waals surface area contributed by atoms with Crippen molar-refractivity contribution < 1.29 is 5.11 Å². The molecule has 1 aromatic heterocycles. The van der Waals surface area contributed by atoms with Crippen LogP contribution in [-0.2, 0) is 13.0 Å². The molecule has 0 aliphatic carbocycles. The first kappa shape index (κ1) is 14.7. The number of nitrogens with zero attached hydrogens (tertiary/aromatic N) is 1. The second kappa shape index (κ2) is 6.62. The van der Waals surface area contributed by atoms with Crippen molar-refractivity contribution >= 4 is 5.69 Å². The highest BCUT2D eigenvalue weighted by atomic mass is 16.3. The fourth-order valence-electron chi connectivity index (χ4n) is 2.56. The van der Waals surface area contributed by atoms with Crippen LogP contribution in [-0.4, -0.2) is 9.67 Å². The molecule has 0 aliphatic heterocycles. The minimum absolute atomic E-state index is 0.615. The van der Waals surface area contributed by atoms with Crippen LogP contribution in [0.4, 0.5) is 5.69 Å². The summed E-state index contributed by atoms with van der Waals surface area (Å²) in [6, 6.07) is 11.6. The number of benzene rings is 1. The summed E-state index contributed by atoms with van der Waals surface area (Å²) in [5, 5.41) is 10.6. The third kappa shape index (κ3) is 3.05. The highest BCUT2D eigenvalue weighted by Gasteiger charge is 2.16. The van der Waals surface area contributed by atoms with Crippen LogP contribution in [0.1, 0.15) is 49.7 Å². The zero-order chi connectivity index (χ0) is 14.5. The second-order valence-electron chi connectivity index (χ2n) is 5.18. The monoisotopic (exact) mass is 272 g/mol. The summed E-state index contributed by atoms with van der Waals surface area (Å²) in [7, 11) is 0. The smallest absolute Gasteiger partial charge is 0.119 e. The fraction of sp³-hybridized carbons (Fsp3) is 0.412. The van der Waals surface area contributed by atoms with E-state index in [1.54, 1.807) is 0 Å². The Morgan fingerprint density at radius 1 is 1.20 bits per heavy atom. The van der Waals surface area contributed by atoms with Crippen molar-refractivity contribution in [1.82, 2.24) is 4.57 Å². The third-order valence-corrected chi connectivity index (χ3v) is 3.71. The maximum absolute atomic E-state index is 10.6. The van der Waals surface area contributed by atoms with E-state index >= 15 is 0 Å². The van der Waals surface area contributed by atoms with E-state index in [0.29, 0.717) is 5.69 Å². The van der Waals surface area contributed by atoms with Gasteiger partial charge < -0.3 is 15.4 Å². The number of aliphatic hydroxyl groups is 1. The quantitative estimate of drug-likeness (QED) is 0.791. The van der Waals surface area contributed by atoms with Crippen LogP contribution in [0, 0.1) is 0 Å². The van der Waals surface area contributed by atoms with Gasteiger partial charge in [-0.15, -0.1) is 0 Å². The molecule has 20 heavy (non-hydrogen) atoms. The zero-order valence-electron chi connectivity index (χ0n) is 12.3. The first-order chi connectivity index (χ1) is 9.67. The van der Waals surface area contributed by atoms with E-state index in [0.717, 1.165) is 37.1 Å². The predicted molar refractivity (Wildman–Crippen MR) is 83.6 cm³/mol. The van der Waals surface area contributed by atoms with E-state index in [1.165, 1.54) is 5.69 Å². The SMILES string of the molecule is CCCCn1c(CC)ccc1C(O)c1cccc(N)c1. The molecule has 0 bridgehead atoms. The van der Waals surface area contributed by atoms with E-state index in [2.05, 4.69) is 24.5 Å². The number of anilines is 1. The first-order valence-electron chi connectivity index (χ1n) is 7.39. The van der Waals surface area contributed by atoms with Gasteiger partial charge in [-0.2, -0.15) is 0 Å². The molecule has 3 heteroatoms. The molecule has 2 aromatic rings. The minimum atomic E-state index is -0.615. The van der Waals surface area contributed by atoms with E-state index in [4.69, 9.17) is 5.73 Å². The van der Waals surface area contributed by atoms with Gasteiger partial charge in [-0.3, -0.25) is 0 Å². The van der Waals surface area contributed by atoms with Gasteiger partial charge in [0.2, 0.25) is 0 Å². The number of aromatic nitrogens is 1. The lowest BCUT2D eigenvalue weighted by Crippen LogP contribution is -2.11. The lowest BCUT2D eigenvalue weighted by Gasteiger charge is -2.17. The molecule has 0 fully saturated rings. The number of rotatable bonds is 6. The molecule has 1 atom stereocenters. The summed E-state index contributed by atoms with van der Waals surface area (Å²) in [6.07, 6.45) is 2.64. The van der Waals surface area contributed by atoms with Gasteiger partial charge in [0.1, 0.15) is 6.10 Å². The summed E-state index contributed by atoms with van der Waals surface area (Å²) in [5.41, 5.74) is 9.57. The largest absolute Gasteiger partial charge is 0.399 e. The average Bonchev–Trinajstić information content (AvgIpc) is 2.87. The highest BCUT2D eigenvalue weighted by molar-refractivity contribution is 5.43. The molecule has 1 aromatic carbocycles. The zero-order valence-corrected chi connectivity index (χ0v) is 12.3. The summed E-state index contributed by atoms with van der Waals surface area (Å²) < 4.78 is 2.25. The first-order valence-corrected chi connectivity index (χ1v) is 7.39. The Morgan fingerprint density at radius 2 is 2.00 bits per heavy atom. The van der Waals surface area contributed by atoms with Crippen molar-refractivity contribution in [2.75, 3.05) is 5.73 Å². The molecule has 0 radical (unpaired) electrons. The molecule has 0 aliphatic rings. The molecule has 2 rings (SSSR count). The van der Waals surface area contributed by atoms with Crippen LogP contribution >= 0.6 is 0 Å². The van der Waals surface area contributed by atoms with Gasteiger partial charge in [-0.25, -0.2) is 0 Å². The summed E-state index contributed by atoms with van der Waals surface area (Å²) in [5.74, 6) is 0. The van der Waals surface area contributed by atoms with Crippen LogP contribution in [0.15, 0.2) is 36.4 Å². The number of aryl methyl sites for hydroxylation is 1. The third-order valence-electron chi connectivity index (χ3n) is 3.71. The van der Waals surface area contributed by atoms with E-state index < -0.39 is 6.10 Å². The van der Waals surface area contributed by atoms with Crippen LogP contribution in [0.5, 0.6) is 0 Å². The summed E-state index contributed by atoms with van der Waals surface area (Å²) >= 11 is 0. The van der Waals surface area contributed by atoms with Crippen molar-refractivity contribution in [2.45, 2.75) is 45.8 Å². The van der Waals surface area contributed by atoms with Gasteiger partial charge in [0, 0.05) is 17.9 Å². The molecule has 0 spiro atoms. The molecule has 108 valence electrons. The minimum Gasteiger partial charge on any atom is -0.399 e. The molecule has 0 saturated carbocycles. The Kier molecular flexibility index (Phi) is 4.85. The number of unbranched alkanes of at least 4 members (excludes halogenated alkanes) is 1. The number of nitrogen functional groups attached to an aromatic ring is 1. The van der Waals surface area contributed by atoms with Gasteiger partial charge >= 0.3 is 0 Å². The number of hydrogen-bond donors (Lipinski definition) is 2. The number of nitrogens with two attached hydrogens (primary N) is 1. The second-order valence-corrected chi connectivity index (χ2v) is 5.18. The maximum atomic E-state index is 10.6. The van der Waals surface area contributed by atoms with Crippen molar-refractivity contribution in [3.05, 3.63) is 53.3 Å². The molecule has 0 amide bonds. The topological polar surface area (TPSA) is 51.2 Å². The van der Waals surface area contributed by atoms with Gasteiger partial charge in [0.15, 0.2) is 0 Å². The van der Waals surface area contributed by atoms with E-state index in [1.807, 2.05) is 30.3 Å². The lowest BCUT2D eigenvalue weighted by molar-refractivity contribution is 0.209.